The van der Waals surface area contributed by atoms with Gasteiger partial charge in [-0.15, -0.1) is 0 Å². The lowest BCUT2D eigenvalue weighted by molar-refractivity contribution is -0.141. The molecule has 146 valence electrons. The predicted molar refractivity (Wildman–Crippen MR) is 108 cm³/mol. The van der Waals surface area contributed by atoms with Crippen LogP contribution >= 0.6 is 22.6 Å². The highest BCUT2D eigenvalue weighted by Gasteiger charge is 2.43. The molecule has 9 heteroatoms. The molecule has 0 N–H and O–H groups in total. The van der Waals surface area contributed by atoms with Crippen molar-refractivity contribution in [1.82, 2.24) is 9.78 Å². The molecule has 0 radical (unpaired) electrons. The highest BCUT2D eigenvalue weighted by molar-refractivity contribution is 14.1. The Labute approximate surface area is 177 Å². The molecule has 3 aromatic rings. The molecule has 0 unspecified atom stereocenters. The first-order valence-electron chi connectivity index (χ1n) is 8.56. The summed E-state index contributed by atoms with van der Waals surface area (Å²) >= 11 is 2.14. The second kappa shape index (κ2) is 7.18. The van der Waals surface area contributed by atoms with Gasteiger partial charge in [-0.3, -0.25) is 4.79 Å². The second-order valence-corrected chi connectivity index (χ2v) is 7.68. The number of nitrogens with zero attached hydrogens (tertiary/aromatic N) is 4. The Bertz CT molecular complexity index is 1150. The first kappa shape index (κ1) is 19.4. The summed E-state index contributed by atoms with van der Waals surface area (Å²) < 4.78 is 42.7. The summed E-state index contributed by atoms with van der Waals surface area (Å²) in [6.45, 7) is 0.124. The number of benzene rings is 2. The number of nitriles is 1. The summed E-state index contributed by atoms with van der Waals surface area (Å²) in [5, 5.41) is 12.8. The lowest BCUT2D eigenvalue weighted by atomic mass is 10.0. The maximum Gasteiger partial charge on any atom is 0.435 e. The van der Waals surface area contributed by atoms with E-state index in [4.69, 9.17) is 5.26 Å². The lowest BCUT2D eigenvalue weighted by Crippen LogP contribution is -2.39. The molecule has 29 heavy (non-hydrogen) atoms. The minimum atomic E-state index is -4.69. The van der Waals surface area contributed by atoms with E-state index in [1.54, 1.807) is 18.2 Å². The number of aromatic nitrogens is 2. The molecule has 0 saturated heterocycles. The Hall–Kier alpha value is -2.87. The fourth-order valence-electron chi connectivity index (χ4n) is 3.35. The van der Waals surface area contributed by atoms with Crippen molar-refractivity contribution in [1.29, 1.82) is 5.26 Å². The van der Waals surface area contributed by atoms with Crippen LogP contribution in [0.5, 0.6) is 0 Å². The molecular weight excluding hydrogens is 496 g/mol. The van der Waals surface area contributed by atoms with E-state index in [1.165, 1.54) is 23.1 Å². The van der Waals surface area contributed by atoms with E-state index >= 15 is 0 Å². The van der Waals surface area contributed by atoms with Gasteiger partial charge in [-0.2, -0.15) is 23.5 Å². The van der Waals surface area contributed by atoms with Gasteiger partial charge < -0.3 is 4.90 Å². The Morgan fingerprint density at radius 3 is 2.48 bits per heavy atom. The molecule has 0 fully saturated rings. The number of fused-ring (bicyclic) bond motifs is 1. The number of halogens is 4. The van der Waals surface area contributed by atoms with Crippen LogP contribution in [0, 0.1) is 14.9 Å². The average Bonchev–Trinajstić information content (AvgIpc) is 3.10. The van der Waals surface area contributed by atoms with Crippen LogP contribution in [0.3, 0.4) is 0 Å². The van der Waals surface area contributed by atoms with Gasteiger partial charge in [0.15, 0.2) is 5.69 Å². The largest absolute Gasteiger partial charge is 0.435 e. The maximum atomic E-state index is 13.6. The van der Waals surface area contributed by atoms with Crippen LogP contribution in [0.2, 0.25) is 0 Å². The van der Waals surface area contributed by atoms with Crippen LogP contribution < -0.4 is 4.90 Å². The van der Waals surface area contributed by atoms with Crippen LogP contribution in [0.25, 0.3) is 5.69 Å². The summed E-state index contributed by atoms with van der Waals surface area (Å²) in [6, 6.07) is 15.1. The monoisotopic (exact) mass is 508 g/mol. The standard InChI is InChI=1S/C20H12F3IN4O/c21-20(22,23)18-16-8-9-27(14-6-4-13(24)5-7-14)19(29)17(16)28(26-18)15-3-1-2-12(10-15)11-25/h1-7,10H,8-9H2. The SMILES string of the molecule is N#Cc1cccc(-n2nc(C(F)(F)F)c3c2C(=O)N(c2ccc(I)cc2)CC3)c1. The van der Waals surface area contributed by atoms with E-state index in [2.05, 4.69) is 27.7 Å². The van der Waals surface area contributed by atoms with Crippen molar-refractivity contribution >= 4 is 34.2 Å². The quantitative estimate of drug-likeness (QED) is 0.477. The lowest BCUT2D eigenvalue weighted by Gasteiger charge is -2.28. The smallest absolute Gasteiger partial charge is 0.307 e. The summed E-state index contributed by atoms with van der Waals surface area (Å²) in [5.74, 6) is -0.558. The van der Waals surface area contributed by atoms with Crippen molar-refractivity contribution in [3.05, 3.63) is 74.6 Å². The van der Waals surface area contributed by atoms with Gasteiger partial charge in [0.05, 0.1) is 17.3 Å². The molecule has 0 spiro atoms. The molecule has 1 aromatic heterocycles. The number of carbonyl (C=O) groups is 1. The summed E-state index contributed by atoms with van der Waals surface area (Å²) in [7, 11) is 0. The number of hydrogen-bond acceptors (Lipinski definition) is 3. The molecule has 2 aromatic carbocycles. The van der Waals surface area contributed by atoms with Gasteiger partial charge in [-0.1, -0.05) is 6.07 Å². The summed E-state index contributed by atoms with van der Waals surface area (Å²) in [4.78, 5) is 14.7. The molecule has 0 saturated carbocycles. The van der Waals surface area contributed by atoms with Gasteiger partial charge in [0.1, 0.15) is 5.69 Å². The first-order chi connectivity index (χ1) is 13.8. The molecule has 2 heterocycles. The van der Waals surface area contributed by atoms with E-state index in [0.717, 1.165) is 8.25 Å². The van der Waals surface area contributed by atoms with Gasteiger partial charge in [0.2, 0.25) is 0 Å². The van der Waals surface area contributed by atoms with Crippen LogP contribution in [-0.4, -0.2) is 22.2 Å². The average molecular weight is 508 g/mol. The number of anilines is 1. The fourth-order valence-corrected chi connectivity index (χ4v) is 3.71. The summed E-state index contributed by atoms with van der Waals surface area (Å²) in [6.07, 6.45) is -4.66. The minimum absolute atomic E-state index is 0.0276. The van der Waals surface area contributed by atoms with Crippen LogP contribution in [0.15, 0.2) is 48.5 Å². The minimum Gasteiger partial charge on any atom is -0.307 e. The first-order valence-corrected chi connectivity index (χ1v) is 9.64. The van der Waals surface area contributed by atoms with Crippen molar-refractivity contribution in [2.75, 3.05) is 11.4 Å². The third kappa shape index (κ3) is 3.48. The highest BCUT2D eigenvalue weighted by atomic mass is 127. The Morgan fingerprint density at radius 1 is 1.10 bits per heavy atom. The molecule has 5 nitrogen and oxygen atoms in total. The molecule has 0 aliphatic carbocycles. The van der Waals surface area contributed by atoms with Crippen molar-refractivity contribution in [3.63, 3.8) is 0 Å². The van der Waals surface area contributed by atoms with E-state index in [9.17, 15) is 18.0 Å². The van der Waals surface area contributed by atoms with Crippen LogP contribution in [-0.2, 0) is 12.6 Å². The van der Waals surface area contributed by atoms with Crippen molar-refractivity contribution < 1.29 is 18.0 Å². The Balaban J connectivity index is 1.89. The Kier molecular flexibility index (Phi) is 4.82. The zero-order valence-electron chi connectivity index (χ0n) is 14.7. The third-order valence-electron chi connectivity index (χ3n) is 4.64. The molecule has 4 rings (SSSR count). The summed E-state index contributed by atoms with van der Waals surface area (Å²) in [5.41, 5.74) is -0.214. The highest BCUT2D eigenvalue weighted by Crippen LogP contribution is 2.37. The number of hydrogen-bond donors (Lipinski definition) is 0. The van der Waals surface area contributed by atoms with Crippen molar-refractivity contribution in [2.24, 2.45) is 0 Å². The molecular formula is C20H12F3IN4O. The van der Waals surface area contributed by atoms with Crippen LogP contribution in [0.4, 0.5) is 18.9 Å². The van der Waals surface area contributed by atoms with E-state index < -0.39 is 17.8 Å². The normalized spacial score (nSPS) is 13.9. The van der Waals surface area contributed by atoms with Crippen molar-refractivity contribution in [2.45, 2.75) is 12.6 Å². The Morgan fingerprint density at radius 2 is 1.83 bits per heavy atom. The van der Waals surface area contributed by atoms with E-state index in [0.29, 0.717) is 5.69 Å². The van der Waals surface area contributed by atoms with Crippen molar-refractivity contribution in [3.8, 4) is 11.8 Å². The predicted octanol–water partition coefficient (Wildman–Crippen LogP) is 4.57. The molecule has 1 aliphatic heterocycles. The van der Waals surface area contributed by atoms with Gasteiger partial charge in [0, 0.05) is 21.4 Å². The second-order valence-electron chi connectivity index (χ2n) is 6.43. The molecule has 0 bridgehead atoms. The maximum absolute atomic E-state index is 13.6. The number of rotatable bonds is 2. The van der Waals surface area contributed by atoms with Crippen LogP contribution in [0.1, 0.15) is 27.3 Å². The number of amides is 1. The van der Waals surface area contributed by atoms with E-state index in [-0.39, 0.29) is 35.5 Å². The zero-order chi connectivity index (χ0) is 20.8. The molecule has 1 amide bonds. The number of carbonyl (C=O) groups excluding carboxylic acids is 1. The van der Waals surface area contributed by atoms with E-state index in [1.807, 2.05) is 18.2 Å². The fraction of sp³-hybridized carbons (Fsp3) is 0.150. The number of alkyl halides is 3. The molecule has 1 aliphatic rings. The molecule has 0 atom stereocenters. The van der Waals surface area contributed by atoms with Gasteiger partial charge in [0.25, 0.3) is 5.91 Å². The van der Waals surface area contributed by atoms with Gasteiger partial charge >= 0.3 is 6.18 Å². The van der Waals surface area contributed by atoms with Gasteiger partial charge in [-0.25, -0.2) is 4.68 Å². The third-order valence-corrected chi connectivity index (χ3v) is 5.36. The zero-order valence-corrected chi connectivity index (χ0v) is 16.9. The topological polar surface area (TPSA) is 61.9 Å². The van der Waals surface area contributed by atoms with Gasteiger partial charge in [-0.05, 0) is 71.5 Å².